The van der Waals surface area contributed by atoms with Gasteiger partial charge in [0.1, 0.15) is 5.01 Å². The maximum atomic E-state index is 6.41. The highest BCUT2D eigenvalue weighted by Crippen LogP contribution is 2.41. The van der Waals surface area contributed by atoms with Gasteiger partial charge in [-0.05, 0) is 35.9 Å². The molecule has 3 aromatic rings. The van der Waals surface area contributed by atoms with Crippen LogP contribution in [0.2, 0.25) is 5.02 Å². The fourth-order valence-electron chi connectivity index (χ4n) is 2.25. The van der Waals surface area contributed by atoms with Crippen LogP contribution in [0.25, 0.3) is 21.3 Å². The predicted molar refractivity (Wildman–Crippen MR) is 90.9 cm³/mol. The van der Waals surface area contributed by atoms with Crippen LogP contribution >= 0.6 is 34.5 Å². The average molecular weight is 350 g/mol. The zero-order valence-electron chi connectivity index (χ0n) is 11.2. The van der Waals surface area contributed by atoms with Gasteiger partial charge in [-0.2, -0.15) is 0 Å². The van der Waals surface area contributed by atoms with E-state index in [1.807, 2.05) is 36.4 Å². The van der Waals surface area contributed by atoms with E-state index in [4.69, 9.17) is 32.7 Å². The van der Waals surface area contributed by atoms with Crippen LogP contribution in [0.5, 0.6) is 11.5 Å². The summed E-state index contributed by atoms with van der Waals surface area (Å²) < 4.78 is 11.8. The number of rotatable bonds is 2. The molecule has 3 nitrogen and oxygen atoms in total. The van der Waals surface area contributed by atoms with E-state index in [-0.39, 0.29) is 6.79 Å². The van der Waals surface area contributed by atoms with Crippen molar-refractivity contribution in [3.63, 3.8) is 0 Å². The van der Waals surface area contributed by atoms with Crippen molar-refractivity contribution >= 4 is 55.9 Å². The highest BCUT2D eigenvalue weighted by Gasteiger charge is 2.18. The minimum absolute atomic E-state index is 0.188. The van der Waals surface area contributed by atoms with Crippen molar-refractivity contribution in [2.24, 2.45) is 0 Å². The van der Waals surface area contributed by atoms with Gasteiger partial charge < -0.3 is 9.47 Å². The van der Waals surface area contributed by atoms with Gasteiger partial charge in [0.15, 0.2) is 11.5 Å². The molecular formula is C16H9Cl2NO2S. The van der Waals surface area contributed by atoms with Crippen LogP contribution in [-0.2, 0) is 0 Å². The summed E-state index contributed by atoms with van der Waals surface area (Å²) in [7, 11) is 0. The van der Waals surface area contributed by atoms with Crippen LogP contribution in [0.4, 0.5) is 0 Å². The number of hydrogen-bond donors (Lipinski definition) is 0. The molecule has 0 saturated heterocycles. The van der Waals surface area contributed by atoms with E-state index in [0.29, 0.717) is 21.6 Å². The van der Waals surface area contributed by atoms with Gasteiger partial charge in [-0.15, -0.1) is 11.3 Å². The number of aromatic nitrogens is 1. The Morgan fingerprint density at radius 3 is 2.95 bits per heavy atom. The molecule has 0 unspecified atom stereocenters. The maximum absolute atomic E-state index is 6.41. The molecule has 110 valence electrons. The zero-order chi connectivity index (χ0) is 15.1. The number of nitrogens with zero attached hydrogens (tertiary/aromatic N) is 1. The molecule has 6 heteroatoms. The second-order valence-corrected chi connectivity index (χ2v) is 6.56. The summed E-state index contributed by atoms with van der Waals surface area (Å²) in [6, 6.07) is 11.6. The SMILES string of the molecule is Cl/C(=C\c1cc(Cl)c2c(c1)OCO2)c1nc2ccccc2s1. The van der Waals surface area contributed by atoms with Crippen LogP contribution in [-0.4, -0.2) is 11.8 Å². The lowest BCUT2D eigenvalue weighted by atomic mass is 10.2. The van der Waals surface area contributed by atoms with Gasteiger partial charge in [0.05, 0.1) is 20.3 Å². The van der Waals surface area contributed by atoms with Gasteiger partial charge >= 0.3 is 0 Å². The minimum atomic E-state index is 0.188. The van der Waals surface area contributed by atoms with E-state index >= 15 is 0 Å². The van der Waals surface area contributed by atoms with Crippen LogP contribution < -0.4 is 9.47 Å². The number of para-hydroxylation sites is 1. The third-order valence-corrected chi connectivity index (χ3v) is 4.99. The van der Waals surface area contributed by atoms with E-state index in [1.165, 1.54) is 0 Å². The smallest absolute Gasteiger partial charge is 0.231 e. The van der Waals surface area contributed by atoms with Gasteiger partial charge in [-0.1, -0.05) is 35.3 Å². The molecule has 0 N–H and O–H groups in total. The van der Waals surface area contributed by atoms with E-state index in [9.17, 15) is 0 Å². The highest BCUT2D eigenvalue weighted by molar-refractivity contribution is 7.20. The molecule has 0 amide bonds. The molecule has 1 aliphatic rings. The molecule has 0 radical (unpaired) electrons. The van der Waals surface area contributed by atoms with Crippen molar-refractivity contribution < 1.29 is 9.47 Å². The fourth-order valence-corrected chi connectivity index (χ4v) is 3.68. The number of thiazole rings is 1. The second kappa shape index (κ2) is 5.47. The Morgan fingerprint density at radius 2 is 2.09 bits per heavy atom. The molecule has 0 saturated carbocycles. The first-order valence-electron chi connectivity index (χ1n) is 6.53. The summed E-state index contributed by atoms with van der Waals surface area (Å²) in [6.07, 6.45) is 1.83. The van der Waals surface area contributed by atoms with Gasteiger partial charge in [0.25, 0.3) is 0 Å². The summed E-state index contributed by atoms with van der Waals surface area (Å²) in [5.74, 6) is 1.21. The third-order valence-electron chi connectivity index (χ3n) is 3.24. The maximum Gasteiger partial charge on any atom is 0.231 e. The Hall–Kier alpha value is -1.75. The van der Waals surface area contributed by atoms with E-state index in [0.717, 1.165) is 20.8 Å². The fraction of sp³-hybridized carbons (Fsp3) is 0.0625. The minimum Gasteiger partial charge on any atom is -0.454 e. The van der Waals surface area contributed by atoms with Gasteiger partial charge in [-0.3, -0.25) is 0 Å². The quantitative estimate of drug-likeness (QED) is 0.619. The zero-order valence-corrected chi connectivity index (χ0v) is 13.5. The monoisotopic (exact) mass is 349 g/mol. The van der Waals surface area contributed by atoms with Crippen molar-refractivity contribution in [3.8, 4) is 11.5 Å². The van der Waals surface area contributed by atoms with Crippen molar-refractivity contribution in [1.29, 1.82) is 0 Å². The predicted octanol–water partition coefficient (Wildman–Crippen LogP) is 5.42. The van der Waals surface area contributed by atoms with Crippen LogP contribution in [0, 0.1) is 0 Å². The van der Waals surface area contributed by atoms with Crippen LogP contribution in [0.1, 0.15) is 10.6 Å². The van der Waals surface area contributed by atoms with E-state index in [2.05, 4.69) is 4.98 Å². The Balaban J connectivity index is 1.74. The molecule has 0 spiro atoms. The Kier molecular flexibility index (Phi) is 3.45. The molecule has 0 aliphatic carbocycles. The topological polar surface area (TPSA) is 31.4 Å². The lowest BCUT2D eigenvalue weighted by Crippen LogP contribution is -1.93. The normalized spacial score (nSPS) is 13.8. The van der Waals surface area contributed by atoms with Crippen LogP contribution in [0.3, 0.4) is 0 Å². The van der Waals surface area contributed by atoms with Gasteiger partial charge in [-0.25, -0.2) is 4.98 Å². The molecule has 2 aromatic carbocycles. The molecule has 0 fully saturated rings. The summed E-state index contributed by atoms with van der Waals surface area (Å²) in [5.41, 5.74) is 1.79. The lowest BCUT2D eigenvalue weighted by Gasteiger charge is -2.01. The Bertz CT molecular complexity index is 871. The first-order valence-corrected chi connectivity index (χ1v) is 8.10. The van der Waals surface area contributed by atoms with Crippen molar-refractivity contribution in [2.45, 2.75) is 0 Å². The molecule has 4 rings (SSSR count). The first kappa shape index (κ1) is 13.9. The molecule has 1 aliphatic heterocycles. The first-order chi connectivity index (χ1) is 10.7. The van der Waals surface area contributed by atoms with Crippen molar-refractivity contribution in [3.05, 3.63) is 52.0 Å². The Morgan fingerprint density at radius 1 is 1.23 bits per heavy atom. The van der Waals surface area contributed by atoms with Crippen molar-refractivity contribution in [2.75, 3.05) is 6.79 Å². The molecule has 2 heterocycles. The van der Waals surface area contributed by atoms with Gasteiger partial charge in [0.2, 0.25) is 6.79 Å². The summed E-state index contributed by atoms with van der Waals surface area (Å²) >= 11 is 14.1. The average Bonchev–Trinajstić information content (AvgIpc) is 3.13. The van der Waals surface area contributed by atoms with E-state index in [1.54, 1.807) is 17.4 Å². The second-order valence-electron chi connectivity index (χ2n) is 4.72. The number of hydrogen-bond acceptors (Lipinski definition) is 4. The van der Waals surface area contributed by atoms with E-state index < -0.39 is 0 Å². The third kappa shape index (κ3) is 2.43. The number of fused-ring (bicyclic) bond motifs is 2. The Labute approximate surface area is 140 Å². The number of halogens is 2. The molecule has 0 bridgehead atoms. The number of benzene rings is 2. The summed E-state index contributed by atoms with van der Waals surface area (Å²) in [5, 5.41) is 1.85. The molecule has 0 atom stereocenters. The van der Waals surface area contributed by atoms with Crippen molar-refractivity contribution in [1.82, 2.24) is 4.98 Å². The largest absolute Gasteiger partial charge is 0.454 e. The summed E-state index contributed by atoms with van der Waals surface area (Å²) in [4.78, 5) is 4.53. The highest BCUT2D eigenvalue weighted by atomic mass is 35.5. The molecular weight excluding hydrogens is 341 g/mol. The lowest BCUT2D eigenvalue weighted by molar-refractivity contribution is 0.174. The standard InChI is InChI=1S/C16H9Cl2NO2S/c17-10-5-9(7-13-15(10)21-8-20-13)6-11(18)16-19-12-3-1-2-4-14(12)22-16/h1-7H,8H2/b11-6-. The van der Waals surface area contributed by atoms with Crippen LogP contribution in [0.15, 0.2) is 36.4 Å². The summed E-state index contributed by atoms with van der Waals surface area (Å²) in [6.45, 7) is 0.188. The van der Waals surface area contributed by atoms with Gasteiger partial charge in [0, 0.05) is 0 Å². The molecule has 1 aromatic heterocycles. The molecule has 22 heavy (non-hydrogen) atoms. The number of ether oxygens (including phenoxy) is 2.